The molecule has 0 N–H and O–H groups in total. The Kier molecular flexibility index (Phi) is 5.56. The van der Waals surface area contributed by atoms with Crippen LogP contribution in [0, 0.1) is 6.92 Å². The van der Waals surface area contributed by atoms with E-state index in [9.17, 15) is 0 Å². The summed E-state index contributed by atoms with van der Waals surface area (Å²) in [7, 11) is 0. The summed E-state index contributed by atoms with van der Waals surface area (Å²) in [6.07, 6.45) is 0. The molecule has 0 bridgehead atoms. The molecule has 0 saturated carbocycles. The Bertz CT molecular complexity index is 1370. The van der Waals surface area contributed by atoms with E-state index in [2.05, 4.69) is 0 Å². The quantitative estimate of drug-likeness (QED) is 0.296. The van der Waals surface area contributed by atoms with Gasteiger partial charge >= 0.3 is 6.49 Å². The Labute approximate surface area is 200 Å². The van der Waals surface area contributed by atoms with Gasteiger partial charge in [0.15, 0.2) is 5.82 Å². The predicted octanol–water partition coefficient (Wildman–Crippen LogP) is 6.61. The van der Waals surface area contributed by atoms with Crippen LogP contribution in [0.5, 0.6) is 5.75 Å². The number of hydrogen-bond donors (Lipinski definition) is 0. The second-order valence-electron chi connectivity index (χ2n) is 7.06. The van der Waals surface area contributed by atoms with Crippen LogP contribution in [-0.4, -0.2) is 15.7 Å². The van der Waals surface area contributed by atoms with Crippen molar-refractivity contribution >= 4 is 58.5 Å². The molecule has 0 saturated heterocycles. The highest BCUT2D eigenvalue weighted by Gasteiger charge is 2.39. The van der Waals surface area contributed by atoms with Crippen molar-refractivity contribution in [3.8, 4) is 11.4 Å². The zero-order chi connectivity index (χ0) is 22.3. The molecule has 160 valence electrons. The minimum Gasteiger partial charge on any atom is -0.432 e. The summed E-state index contributed by atoms with van der Waals surface area (Å²) >= 11 is 18.2. The van der Waals surface area contributed by atoms with Gasteiger partial charge in [0.2, 0.25) is 5.90 Å². The summed E-state index contributed by atoms with van der Waals surface area (Å²) < 4.78 is 14.4. The van der Waals surface area contributed by atoms with Crippen LogP contribution >= 0.6 is 29.7 Å². The summed E-state index contributed by atoms with van der Waals surface area (Å²) in [5, 5.41) is 6.63. The van der Waals surface area contributed by atoms with Crippen LogP contribution in [0.2, 0.25) is 10.0 Å². The van der Waals surface area contributed by atoms with Gasteiger partial charge < -0.3 is 9.05 Å². The maximum Gasteiger partial charge on any atom is 0.326 e. The van der Waals surface area contributed by atoms with Crippen LogP contribution < -0.4 is 9.83 Å². The molecule has 0 aliphatic carbocycles. The van der Waals surface area contributed by atoms with Gasteiger partial charge in [-0.1, -0.05) is 41.4 Å². The monoisotopic (exact) mass is 499 g/mol. The lowest BCUT2D eigenvalue weighted by Crippen LogP contribution is -2.22. The van der Waals surface area contributed by atoms with Crippen LogP contribution in [0.1, 0.15) is 11.3 Å². The third-order valence-corrected chi connectivity index (χ3v) is 8.26. The van der Waals surface area contributed by atoms with Crippen molar-refractivity contribution in [1.29, 1.82) is 0 Å². The lowest BCUT2D eigenvalue weighted by molar-refractivity contribution is 0.492. The first-order valence-electron chi connectivity index (χ1n) is 9.68. The Hall–Kier alpha value is -2.63. The van der Waals surface area contributed by atoms with Gasteiger partial charge in [-0.2, -0.15) is 10.1 Å². The molecule has 0 radical (unpaired) electrons. The first-order valence-corrected chi connectivity index (χ1v) is 13.1. The van der Waals surface area contributed by atoms with E-state index in [0.717, 1.165) is 11.3 Å². The molecule has 0 spiro atoms. The molecule has 5 nitrogen and oxygen atoms in total. The Morgan fingerprint density at radius 1 is 0.906 bits per heavy atom. The Balaban J connectivity index is 1.69. The largest absolute Gasteiger partial charge is 0.432 e. The van der Waals surface area contributed by atoms with Crippen molar-refractivity contribution in [3.63, 3.8) is 0 Å². The van der Waals surface area contributed by atoms with Gasteiger partial charge in [-0.15, -0.1) is 0 Å². The topological polar surface area (TPSA) is 48.6 Å². The van der Waals surface area contributed by atoms with Gasteiger partial charge in [-0.05, 0) is 79.4 Å². The van der Waals surface area contributed by atoms with Gasteiger partial charge in [-0.25, -0.2) is 4.68 Å². The minimum absolute atomic E-state index is 0.364. The fraction of sp³-hybridized carbons (Fsp3) is 0.0435. The minimum atomic E-state index is -3.07. The molecule has 1 aromatic heterocycles. The van der Waals surface area contributed by atoms with Crippen LogP contribution in [-0.2, 0) is 16.3 Å². The van der Waals surface area contributed by atoms with E-state index in [1.165, 1.54) is 0 Å². The molecular formula is C23H16Cl2N3O2PS. The Morgan fingerprint density at radius 2 is 1.53 bits per heavy atom. The second-order valence-corrected chi connectivity index (χ2v) is 11.2. The van der Waals surface area contributed by atoms with E-state index in [4.69, 9.17) is 54.1 Å². The first kappa shape index (κ1) is 21.2. The molecule has 0 amide bonds. The lowest BCUT2D eigenvalue weighted by Gasteiger charge is -2.28. The number of aliphatic imine (C=N–C) groups is 1. The summed E-state index contributed by atoms with van der Waals surface area (Å²) in [4.78, 5) is 4.81. The predicted molar refractivity (Wildman–Crippen MR) is 133 cm³/mol. The molecule has 1 unspecified atom stereocenters. The highest BCUT2D eigenvalue weighted by Crippen LogP contribution is 2.54. The summed E-state index contributed by atoms with van der Waals surface area (Å²) in [6, 6.07) is 24.0. The highest BCUT2D eigenvalue weighted by atomic mass is 35.5. The summed E-state index contributed by atoms with van der Waals surface area (Å²) in [5.41, 5.74) is 2.32. The summed E-state index contributed by atoms with van der Waals surface area (Å²) in [5.74, 6) is 1.53. The van der Waals surface area contributed by atoms with Gasteiger partial charge in [0, 0.05) is 15.6 Å². The normalized spacial score (nSPS) is 17.3. The van der Waals surface area contributed by atoms with E-state index in [-0.39, 0.29) is 0 Å². The average Bonchev–Trinajstić information content (AvgIpc) is 3.14. The standard InChI is InChI=1S/C23H16Cl2N3O2PS/c1-15-21-22(28(27-15)19-5-3-2-4-6-19)26-23(16-7-9-17(24)10-8-16)30-31(21,32)29-20-13-11-18(25)12-14-20/h2-14H,1H3. The molecule has 3 aromatic carbocycles. The number of para-hydroxylation sites is 1. The number of benzene rings is 3. The lowest BCUT2D eigenvalue weighted by atomic mass is 10.2. The van der Waals surface area contributed by atoms with Crippen LogP contribution in [0.4, 0.5) is 5.82 Å². The van der Waals surface area contributed by atoms with Gasteiger partial charge in [-0.3, -0.25) is 0 Å². The first-order chi connectivity index (χ1) is 15.4. The van der Waals surface area contributed by atoms with E-state index in [1.54, 1.807) is 41.1 Å². The van der Waals surface area contributed by atoms with Gasteiger partial charge in [0.1, 0.15) is 11.1 Å². The van der Waals surface area contributed by atoms with Crippen molar-refractivity contribution in [2.45, 2.75) is 6.92 Å². The van der Waals surface area contributed by atoms with Crippen molar-refractivity contribution in [2.75, 3.05) is 0 Å². The van der Waals surface area contributed by atoms with Crippen LogP contribution in [0.15, 0.2) is 83.9 Å². The third kappa shape index (κ3) is 3.96. The molecule has 1 atom stereocenters. The van der Waals surface area contributed by atoms with Crippen molar-refractivity contribution < 1.29 is 9.05 Å². The van der Waals surface area contributed by atoms with Gasteiger partial charge in [0.25, 0.3) is 0 Å². The molecule has 5 rings (SSSR count). The molecule has 0 fully saturated rings. The molecule has 32 heavy (non-hydrogen) atoms. The zero-order valence-corrected chi connectivity index (χ0v) is 20.0. The van der Waals surface area contributed by atoms with Crippen molar-refractivity contribution in [3.05, 3.63) is 100 Å². The summed E-state index contributed by atoms with van der Waals surface area (Å²) in [6.45, 7) is -1.18. The van der Waals surface area contributed by atoms with Crippen LogP contribution in [0.3, 0.4) is 0 Å². The van der Waals surface area contributed by atoms with Crippen LogP contribution in [0.25, 0.3) is 5.69 Å². The average molecular weight is 500 g/mol. The molecule has 1 aliphatic rings. The highest BCUT2D eigenvalue weighted by molar-refractivity contribution is 8.14. The number of hydrogen-bond acceptors (Lipinski definition) is 5. The zero-order valence-electron chi connectivity index (χ0n) is 16.8. The molecular weight excluding hydrogens is 484 g/mol. The molecule has 9 heteroatoms. The number of aryl methyl sites for hydroxylation is 1. The Morgan fingerprint density at radius 3 is 2.19 bits per heavy atom. The van der Waals surface area contributed by atoms with Crippen molar-refractivity contribution in [2.24, 2.45) is 4.99 Å². The maximum atomic E-state index is 6.31. The SMILES string of the molecule is Cc1nn(-c2ccccc2)c2c1P(=S)(Oc1ccc(Cl)cc1)OC(c1ccc(Cl)cc1)=N2. The second kappa shape index (κ2) is 8.38. The molecule has 1 aliphatic heterocycles. The number of nitrogens with zero attached hydrogens (tertiary/aromatic N) is 3. The molecule has 4 aromatic rings. The number of aromatic nitrogens is 2. The fourth-order valence-electron chi connectivity index (χ4n) is 3.36. The van der Waals surface area contributed by atoms with Crippen molar-refractivity contribution in [1.82, 2.24) is 9.78 Å². The third-order valence-electron chi connectivity index (χ3n) is 4.82. The fourth-order valence-corrected chi connectivity index (χ4v) is 6.55. The van der Waals surface area contributed by atoms with E-state index >= 15 is 0 Å². The van der Waals surface area contributed by atoms with E-state index in [0.29, 0.717) is 38.5 Å². The van der Waals surface area contributed by atoms with E-state index in [1.807, 2.05) is 49.4 Å². The molecule has 2 heterocycles. The van der Waals surface area contributed by atoms with Gasteiger partial charge in [0.05, 0.1) is 11.4 Å². The maximum absolute atomic E-state index is 6.31. The number of halogens is 2. The number of rotatable bonds is 4. The van der Waals surface area contributed by atoms with E-state index < -0.39 is 6.49 Å². The number of fused-ring (bicyclic) bond motifs is 1. The smallest absolute Gasteiger partial charge is 0.326 e.